The summed E-state index contributed by atoms with van der Waals surface area (Å²) in [6.07, 6.45) is 0.227. The van der Waals surface area contributed by atoms with Gasteiger partial charge >= 0.3 is 0 Å². The molecule has 0 aliphatic rings. The normalized spacial score (nSPS) is 9.80. The van der Waals surface area contributed by atoms with Gasteiger partial charge in [-0.3, -0.25) is 9.59 Å². The predicted octanol–water partition coefficient (Wildman–Crippen LogP) is -2.08. The van der Waals surface area contributed by atoms with E-state index in [1.54, 1.807) is 0 Å². The Bertz CT molecular complexity index is 132. The quantitative estimate of drug-likeness (QED) is 0.394. The van der Waals surface area contributed by atoms with Crippen LogP contribution >= 0.6 is 0 Å². The van der Waals surface area contributed by atoms with E-state index in [1.165, 1.54) is 0 Å². The Kier molecular flexibility index (Phi) is 3.42. The highest BCUT2D eigenvalue weighted by Crippen LogP contribution is 1.97. The molecule has 0 spiro atoms. The molecule has 5 nitrogen and oxygen atoms in total. The zero-order chi connectivity index (χ0) is 8.15. The van der Waals surface area contributed by atoms with Gasteiger partial charge in [-0.2, -0.15) is 0 Å². The summed E-state index contributed by atoms with van der Waals surface area (Å²) < 4.78 is 0. The van der Waals surface area contributed by atoms with E-state index in [0.29, 0.717) is 0 Å². The van der Waals surface area contributed by atoms with Crippen LogP contribution < -0.4 is 17.2 Å². The number of amides is 2. The van der Waals surface area contributed by atoms with Gasteiger partial charge in [0.25, 0.3) is 0 Å². The van der Waals surface area contributed by atoms with Crippen molar-refractivity contribution in [2.45, 2.75) is 6.42 Å². The molecular weight excluding hydrogens is 134 g/mol. The molecule has 0 radical (unpaired) electrons. The Balaban J connectivity index is 3.98. The van der Waals surface area contributed by atoms with Crippen molar-refractivity contribution in [1.29, 1.82) is 0 Å². The summed E-state index contributed by atoms with van der Waals surface area (Å²) in [6.45, 7) is 0.233. The van der Waals surface area contributed by atoms with Crippen LogP contribution in [0.4, 0.5) is 0 Å². The number of nitrogens with two attached hydrogens (primary N) is 3. The van der Waals surface area contributed by atoms with Gasteiger partial charge in [0.05, 0.1) is 0 Å². The zero-order valence-corrected chi connectivity index (χ0v) is 5.54. The number of carbonyl (C=O) groups excluding carboxylic acids is 2. The van der Waals surface area contributed by atoms with Crippen LogP contribution in [0.15, 0.2) is 0 Å². The molecule has 0 bridgehead atoms. The fraction of sp³-hybridized carbons (Fsp3) is 0.600. The topological polar surface area (TPSA) is 112 Å². The molecule has 0 aromatic heterocycles. The summed E-state index contributed by atoms with van der Waals surface area (Å²) in [5, 5.41) is 0. The number of rotatable bonds is 4. The molecule has 0 aromatic carbocycles. The molecule has 10 heavy (non-hydrogen) atoms. The second kappa shape index (κ2) is 3.84. The van der Waals surface area contributed by atoms with Crippen LogP contribution in [-0.2, 0) is 9.59 Å². The molecule has 0 heterocycles. The number of hydrogen-bond acceptors (Lipinski definition) is 3. The minimum Gasteiger partial charge on any atom is -0.369 e. The molecule has 6 N–H and O–H groups in total. The fourth-order valence-electron chi connectivity index (χ4n) is 0.591. The van der Waals surface area contributed by atoms with Crippen LogP contribution in [0, 0.1) is 5.92 Å². The van der Waals surface area contributed by atoms with E-state index >= 15 is 0 Å². The van der Waals surface area contributed by atoms with Crippen LogP contribution in [0.25, 0.3) is 0 Å². The van der Waals surface area contributed by atoms with E-state index in [1.807, 2.05) is 0 Å². The van der Waals surface area contributed by atoms with Crippen LogP contribution in [0.2, 0.25) is 0 Å². The molecule has 0 saturated carbocycles. The van der Waals surface area contributed by atoms with E-state index in [4.69, 9.17) is 17.2 Å². The third-order valence-electron chi connectivity index (χ3n) is 1.14. The Labute approximate surface area is 58.5 Å². The van der Waals surface area contributed by atoms with Crippen LogP contribution in [0.3, 0.4) is 0 Å². The van der Waals surface area contributed by atoms with Crippen LogP contribution in [0.5, 0.6) is 0 Å². The minimum absolute atomic E-state index is 0.227. The first-order valence-electron chi connectivity index (χ1n) is 2.88. The second-order valence-corrected chi connectivity index (χ2v) is 1.93. The smallest absolute Gasteiger partial charge is 0.230 e. The van der Waals surface area contributed by atoms with Crippen molar-refractivity contribution < 1.29 is 9.59 Å². The van der Waals surface area contributed by atoms with Crippen molar-refractivity contribution in [3.63, 3.8) is 0 Å². The minimum atomic E-state index is -0.912. The fourth-order valence-corrected chi connectivity index (χ4v) is 0.591. The third-order valence-corrected chi connectivity index (χ3v) is 1.14. The monoisotopic (exact) mass is 145 g/mol. The van der Waals surface area contributed by atoms with Gasteiger partial charge in [0, 0.05) is 0 Å². The molecule has 0 aliphatic carbocycles. The van der Waals surface area contributed by atoms with Crippen molar-refractivity contribution in [2.75, 3.05) is 6.54 Å². The molecule has 0 rings (SSSR count). The average molecular weight is 145 g/mol. The number of hydrogen-bond donors (Lipinski definition) is 3. The summed E-state index contributed by atoms with van der Waals surface area (Å²) in [7, 11) is 0. The van der Waals surface area contributed by atoms with Gasteiger partial charge in [0.1, 0.15) is 5.92 Å². The Hall–Kier alpha value is -1.10. The predicted molar refractivity (Wildman–Crippen MR) is 35.6 cm³/mol. The van der Waals surface area contributed by atoms with Crippen molar-refractivity contribution in [1.82, 2.24) is 0 Å². The first-order valence-corrected chi connectivity index (χ1v) is 2.88. The maximum atomic E-state index is 10.4. The standard InChI is InChI=1S/C5H11N3O2/c6-2-1-3(4(7)9)5(8)10/h3H,1-2,6H2,(H2,7,9)(H2,8,10). The molecule has 0 fully saturated rings. The van der Waals surface area contributed by atoms with E-state index in [9.17, 15) is 9.59 Å². The highest BCUT2D eigenvalue weighted by Gasteiger charge is 2.19. The van der Waals surface area contributed by atoms with Crippen LogP contribution in [-0.4, -0.2) is 18.4 Å². The first kappa shape index (κ1) is 8.90. The van der Waals surface area contributed by atoms with Crippen molar-refractivity contribution in [3.05, 3.63) is 0 Å². The average Bonchev–Trinajstić information content (AvgIpc) is 1.81. The second-order valence-electron chi connectivity index (χ2n) is 1.93. The SMILES string of the molecule is NCCC(C(N)=O)C(N)=O. The van der Waals surface area contributed by atoms with Crippen LogP contribution in [0.1, 0.15) is 6.42 Å². The molecule has 0 aliphatic heterocycles. The summed E-state index contributed by atoms with van der Waals surface area (Å²) in [4.78, 5) is 20.8. The summed E-state index contributed by atoms with van der Waals surface area (Å²) in [5.41, 5.74) is 14.7. The summed E-state index contributed by atoms with van der Waals surface area (Å²) >= 11 is 0. The molecule has 5 heteroatoms. The molecule has 0 unspecified atom stereocenters. The molecule has 0 saturated heterocycles. The number of primary amides is 2. The van der Waals surface area contributed by atoms with Gasteiger partial charge in [-0.15, -0.1) is 0 Å². The van der Waals surface area contributed by atoms with Gasteiger partial charge < -0.3 is 17.2 Å². The third kappa shape index (κ3) is 2.45. The largest absolute Gasteiger partial charge is 0.369 e. The summed E-state index contributed by atoms with van der Waals surface area (Å²) in [5.74, 6) is -2.33. The summed E-state index contributed by atoms with van der Waals surface area (Å²) in [6, 6.07) is 0. The Morgan fingerprint density at radius 3 is 1.70 bits per heavy atom. The highest BCUT2D eigenvalue weighted by molar-refractivity contribution is 5.98. The van der Waals surface area contributed by atoms with Gasteiger partial charge in [-0.25, -0.2) is 0 Å². The van der Waals surface area contributed by atoms with Gasteiger partial charge in [0.2, 0.25) is 11.8 Å². The maximum absolute atomic E-state index is 10.4. The molecule has 58 valence electrons. The highest BCUT2D eigenvalue weighted by atomic mass is 16.2. The van der Waals surface area contributed by atoms with Gasteiger partial charge in [-0.05, 0) is 13.0 Å². The van der Waals surface area contributed by atoms with E-state index < -0.39 is 17.7 Å². The lowest BCUT2D eigenvalue weighted by molar-refractivity contribution is -0.131. The van der Waals surface area contributed by atoms with Crippen molar-refractivity contribution in [2.24, 2.45) is 23.1 Å². The lowest BCUT2D eigenvalue weighted by Crippen LogP contribution is -2.36. The van der Waals surface area contributed by atoms with Crippen molar-refractivity contribution in [3.8, 4) is 0 Å². The van der Waals surface area contributed by atoms with Crippen molar-refractivity contribution >= 4 is 11.8 Å². The van der Waals surface area contributed by atoms with Gasteiger partial charge in [-0.1, -0.05) is 0 Å². The number of carbonyl (C=O) groups is 2. The Morgan fingerprint density at radius 2 is 1.60 bits per heavy atom. The molecule has 0 atom stereocenters. The lowest BCUT2D eigenvalue weighted by atomic mass is 10.1. The van der Waals surface area contributed by atoms with Gasteiger partial charge in [0.15, 0.2) is 0 Å². The molecule has 2 amide bonds. The lowest BCUT2D eigenvalue weighted by Gasteiger charge is -2.05. The van der Waals surface area contributed by atoms with E-state index in [2.05, 4.69) is 0 Å². The van der Waals surface area contributed by atoms with E-state index in [0.717, 1.165) is 0 Å². The Morgan fingerprint density at radius 1 is 1.20 bits per heavy atom. The molecular formula is C5H11N3O2. The van der Waals surface area contributed by atoms with E-state index in [-0.39, 0.29) is 13.0 Å². The zero-order valence-electron chi connectivity index (χ0n) is 5.54. The maximum Gasteiger partial charge on any atom is 0.230 e. The first-order chi connectivity index (χ1) is 4.59. The molecule has 0 aromatic rings.